The summed E-state index contributed by atoms with van der Waals surface area (Å²) in [6.45, 7) is 1.67. The lowest BCUT2D eigenvalue weighted by Crippen LogP contribution is -2.13. The molecule has 4 rings (SSSR count). The molecule has 2 aromatic heterocycles. The average Bonchev–Trinajstić information content (AvgIpc) is 3.12. The monoisotopic (exact) mass is 387 g/mol. The van der Waals surface area contributed by atoms with Gasteiger partial charge in [-0.25, -0.2) is 4.39 Å². The van der Waals surface area contributed by atoms with Gasteiger partial charge in [-0.05, 0) is 73.0 Å². The van der Waals surface area contributed by atoms with Crippen molar-refractivity contribution in [2.24, 2.45) is 0 Å². The summed E-state index contributed by atoms with van der Waals surface area (Å²) in [5.41, 5.74) is 4.29. The summed E-state index contributed by atoms with van der Waals surface area (Å²) in [6.07, 6.45) is 4.32. The summed E-state index contributed by atoms with van der Waals surface area (Å²) in [5, 5.41) is 6.85. The van der Waals surface area contributed by atoms with Crippen LogP contribution in [0.4, 0.5) is 10.1 Å². The highest BCUT2D eigenvalue weighted by atomic mass is 19.1. The van der Waals surface area contributed by atoms with Crippen molar-refractivity contribution in [2.45, 2.75) is 13.3 Å². The Balaban J connectivity index is 1.51. The fourth-order valence-electron chi connectivity index (χ4n) is 3.08. The van der Waals surface area contributed by atoms with Crippen LogP contribution in [0.25, 0.3) is 11.3 Å². The van der Waals surface area contributed by atoms with Crippen LogP contribution < -0.4 is 5.32 Å². The molecule has 5 nitrogen and oxygen atoms in total. The summed E-state index contributed by atoms with van der Waals surface area (Å²) in [6, 6.07) is 17.4. The zero-order valence-corrected chi connectivity index (χ0v) is 15.7. The molecule has 0 bridgehead atoms. The molecule has 0 aliphatic heterocycles. The highest BCUT2D eigenvalue weighted by Crippen LogP contribution is 2.26. The van der Waals surface area contributed by atoms with E-state index in [1.807, 2.05) is 36.4 Å². The van der Waals surface area contributed by atoms with E-state index in [1.165, 1.54) is 17.7 Å². The van der Waals surface area contributed by atoms with Crippen molar-refractivity contribution in [3.63, 3.8) is 0 Å². The second-order valence-electron chi connectivity index (χ2n) is 6.65. The maximum atomic E-state index is 13.2. The number of halogens is 1. The highest BCUT2D eigenvalue weighted by Gasteiger charge is 2.21. The number of hydrogen-bond donors (Lipinski definition) is 1. The fraction of sp³-hybridized carbons (Fsp3) is 0.0870. The summed E-state index contributed by atoms with van der Waals surface area (Å²) < 4.78 is 18.4. The van der Waals surface area contributed by atoms with E-state index in [0.29, 0.717) is 28.3 Å². The topological polar surface area (TPSA) is 68.0 Å². The number of carbonyl (C=O) groups is 1. The molecule has 29 heavy (non-hydrogen) atoms. The second-order valence-corrected chi connectivity index (χ2v) is 6.65. The summed E-state index contributed by atoms with van der Waals surface area (Å²) in [5.74, 6) is -0.284. The van der Waals surface area contributed by atoms with Crippen molar-refractivity contribution in [3.05, 3.63) is 101 Å². The Morgan fingerprint density at radius 1 is 0.966 bits per heavy atom. The van der Waals surface area contributed by atoms with Gasteiger partial charge in [-0.1, -0.05) is 17.3 Å². The molecule has 6 heteroatoms. The lowest BCUT2D eigenvalue weighted by atomic mass is 10.0. The van der Waals surface area contributed by atoms with Crippen molar-refractivity contribution >= 4 is 11.6 Å². The van der Waals surface area contributed by atoms with Gasteiger partial charge in [0.15, 0.2) is 0 Å². The third-order valence-corrected chi connectivity index (χ3v) is 4.58. The van der Waals surface area contributed by atoms with Crippen LogP contribution in [0, 0.1) is 12.7 Å². The maximum Gasteiger partial charge on any atom is 0.261 e. The number of aromatic nitrogens is 2. The van der Waals surface area contributed by atoms with E-state index in [2.05, 4.69) is 15.5 Å². The Hall–Kier alpha value is -3.80. The molecule has 0 unspecified atom stereocenters. The van der Waals surface area contributed by atoms with Crippen LogP contribution in [-0.4, -0.2) is 16.0 Å². The van der Waals surface area contributed by atoms with Gasteiger partial charge in [0.1, 0.15) is 22.8 Å². The molecule has 144 valence electrons. The van der Waals surface area contributed by atoms with Gasteiger partial charge in [-0.2, -0.15) is 0 Å². The van der Waals surface area contributed by atoms with E-state index in [1.54, 1.807) is 31.5 Å². The highest BCUT2D eigenvalue weighted by molar-refractivity contribution is 6.08. The van der Waals surface area contributed by atoms with Gasteiger partial charge < -0.3 is 9.84 Å². The zero-order chi connectivity index (χ0) is 20.2. The first kappa shape index (κ1) is 18.6. The molecule has 0 fully saturated rings. The van der Waals surface area contributed by atoms with E-state index < -0.39 is 0 Å². The van der Waals surface area contributed by atoms with Gasteiger partial charge in [0, 0.05) is 23.6 Å². The molecule has 0 aliphatic rings. The number of anilines is 1. The van der Waals surface area contributed by atoms with E-state index >= 15 is 0 Å². The molecule has 0 atom stereocenters. The molecule has 2 aromatic carbocycles. The Labute approximate surface area is 167 Å². The second kappa shape index (κ2) is 8.06. The number of rotatable bonds is 5. The zero-order valence-electron chi connectivity index (χ0n) is 15.7. The summed E-state index contributed by atoms with van der Waals surface area (Å²) >= 11 is 0. The smallest absolute Gasteiger partial charge is 0.261 e. The van der Waals surface area contributed by atoms with Crippen molar-refractivity contribution in [3.8, 4) is 11.3 Å². The molecule has 1 N–H and O–H groups in total. The molecule has 0 saturated carbocycles. The summed E-state index contributed by atoms with van der Waals surface area (Å²) in [4.78, 5) is 16.9. The molecule has 4 aromatic rings. The van der Waals surface area contributed by atoms with Gasteiger partial charge >= 0.3 is 0 Å². The van der Waals surface area contributed by atoms with Crippen LogP contribution >= 0.6 is 0 Å². The standard InChI is InChI=1S/C23H18FN3O2/c1-15-21(22(27-29-15)18-4-6-19(24)7-5-18)23(28)26-20-8-2-16(3-9-20)14-17-10-12-25-13-11-17/h2-13H,14H2,1H3,(H,26,28). The van der Waals surface area contributed by atoms with Crippen LogP contribution in [-0.2, 0) is 6.42 Å². The largest absolute Gasteiger partial charge is 0.360 e. The first-order valence-corrected chi connectivity index (χ1v) is 9.11. The molecular weight excluding hydrogens is 369 g/mol. The SMILES string of the molecule is Cc1onc(-c2ccc(F)cc2)c1C(=O)Nc1ccc(Cc2ccncc2)cc1. The van der Waals surface area contributed by atoms with Gasteiger partial charge in [0.2, 0.25) is 0 Å². The average molecular weight is 387 g/mol. The van der Waals surface area contributed by atoms with Crippen LogP contribution in [0.2, 0.25) is 0 Å². The molecule has 2 heterocycles. The molecular formula is C23H18FN3O2. The third-order valence-electron chi connectivity index (χ3n) is 4.58. The van der Waals surface area contributed by atoms with Gasteiger partial charge in [0.25, 0.3) is 5.91 Å². The number of carbonyl (C=O) groups excluding carboxylic acids is 1. The number of hydrogen-bond acceptors (Lipinski definition) is 4. The normalized spacial score (nSPS) is 10.7. The summed E-state index contributed by atoms with van der Waals surface area (Å²) in [7, 11) is 0. The van der Waals surface area contributed by atoms with Crippen molar-refractivity contribution in [1.29, 1.82) is 0 Å². The van der Waals surface area contributed by atoms with Crippen LogP contribution in [0.15, 0.2) is 77.6 Å². The number of aryl methyl sites for hydroxylation is 1. The van der Waals surface area contributed by atoms with Crippen LogP contribution in [0.1, 0.15) is 27.2 Å². The van der Waals surface area contributed by atoms with Gasteiger partial charge in [0.05, 0.1) is 0 Å². The van der Waals surface area contributed by atoms with Gasteiger partial charge in [-0.3, -0.25) is 9.78 Å². The quantitative estimate of drug-likeness (QED) is 0.522. The Bertz CT molecular complexity index is 1120. The van der Waals surface area contributed by atoms with Gasteiger partial charge in [-0.15, -0.1) is 0 Å². The van der Waals surface area contributed by atoms with Crippen LogP contribution in [0.3, 0.4) is 0 Å². The number of pyridine rings is 1. The Kier molecular flexibility index (Phi) is 5.16. The number of nitrogens with one attached hydrogen (secondary N) is 1. The van der Waals surface area contributed by atoms with Crippen LogP contribution in [0.5, 0.6) is 0 Å². The predicted octanol–water partition coefficient (Wildman–Crippen LogP) is 5.03. The minimum atomic E-state index is -0.355. The van der Waals surface area contributed by atoms with E-state index in [9.17, 15) is 9.18 Å². The van der Waals surface area contributed by atoms with Crippen molar-refractivity contribution in [2.75, 3.05) is 5.32 Å². The molecule has 0 spiro atoms. The van der Waals surface area contributed by atoms with Crippen molar-refractivity contribution < 1.29 is 13.7 Å². The van der Waals surface area contributed by atoms with E-state index in [4.69, 9.17) is 4.52 Å². The number of nitrogens with zero attached hydrogens (tertiary/aromatic N) is 2. The van der Waals surface area contributed by atoms with Crippen molar-refractivity contribution in [1.82, 2.24) is 10.1 Å². The molecule has 1 amide bonds. The molecule has 0 saturated heterocycles. The van der Waals surface area contributed by atoms with E-state index in [-0.39, 0.29) is 11.7 Å². The fourth-order valence-corrected chi connectivity index (χ4v) is 3.08. The number of amides is 1. The molecule has 0 aliphatic carbocycles. The lowest BCUT2D eigenvalue weighted by molar-refractivity contribution is 0.102. The number of benzene rings is 2. The van der Waals surface area contributed by atoms with E-state index in [0.717, 1.165) is 12.0 Å². The predicted molar refractivity (Wildman–Crippen MR) is 108 cm³/mol. The Morgan fingerprint density at radius 3 is 2.31 bits per heavy atom. The third kappa shape index (κ3) is 4.21. The first-order chi connectivity index (χ1) is 14.1. The maximum absolute atomic E-state index is 13.2. The lowest BCUT2D eigenvalue weighted by Gasteiger charge is -2.07. The first-order valence-electron chi connectivity index (χ1n) is 9.11. The minimum Gasteiger partial charge on any atom is -0.360 e. The molecule has 0 radical (unpaired) electrons. The minimum absolute atomic E-state index is 0.329. The Morgan fingerprint density at radius 2 is 1.62 bits per heavy atom.